The maximum absolute atomic E-state index is 13.9. The number of fused-ring (bicyclic) bond motifs is 1. The number of carbonyl (C=O) groups excluding carboxylic acids is 2. The van der Waals surface area contributed by atoms with Gasteiger partial charge in [-0.2, -0.15) is 0 Å². The number of amides is 1. The highest BCUT2D eigenvalue weighted by Crippen LogP contribution is 2.24. The number of methoxy groups -OCH3 is 1. The van der Waals surface area contributed by atoms with Crippen LogP contribution in [0.25, 0.3) is 11.4 Å². The summed E-state index contributed by atoms with van der Waals surface area (Å²) in [4.78, 5) is 30.3. The number of ether oxygens (including phenoxy) is 1. The smallest absolute Gasteiger partial charge is 0.339 e. The zero-order valence-corrected chi connectivity index (χ0v) is 18.2. The molecule has 2 aromatic heterocycles. The van der Waals surface area contributed by atoms with Gasteiger partial charge >= 0.3 is 5.97 Å². The first kappa shape index (κ1) is 23.4. The molecule has 3 aromatic rings. The minimum atomic E-state index is -1.28. The third kappa shape index (κ3) is 4.76. The monoisotopic (exact) mass is 474 g/mol. The second-order valence-corrected chi connectivity index (χ2v) is 7.87. The first-order valence-electron chi connectivity index (χ1n) is 10.4. The van der Waals surface area contributed by atoms with E-state index in [9.17, 15) is 22.8 Å². The third-order valence-electron chi connectivity index (χ3n) is 5.55. The highest BCUT2D eigenvalue weighted by Gasteiger charge is 2.27. The normalized spacial score (nSPS) is 14.0. The van der Waals surface area contributed by atoms with Gasteiger partial charge in [-0.15, -0.1) is 5.10 Å². The van der Waals surface area contributed by atoms with Crippen LogP contribution in [0.3, 0.4) is 0 Å². The van der Waals surface area contributed by atoms with Crippen LogP contribution < -0.4 is 5.73 Å². The highest BCUT2D eigenvalue weighted by atomic mass is 19.2. The fraction of sp³-hybridized carbons (Fsp3) is 0.318. The Balaban J connectivity index is 1.44. The molecule has 0 aliphatic carbocycles. The molecule has 1 aromatic carbocycles. The van der Waals surface area contributed by atoms with Crippen molar-refractivity contribution in [1.82, 2.24) is 24.9 Å². The van der Waals surface area contributed by atoms with Crippen molar-refractivity contribution >= 4 is 11.9 Å². The SMILES string of the molecule is COC(=O)c1ccc(-c2nnn3c2CN(C(=O)C[C@H](N)Cc2cc(F)c(F)cc2F)CC3)nc1. The summed E-state index contributed by atoms with van der Waals surface area (Å²) in [6.45, 7) is 0.977. The number of nitrogens with zero attached hydrogens (tertiary/aromatic N) is 5. The molecule has 1 aliphatic heterocycles. The largest absolute Gasteiger partial charge is 0.465 e. The van der Waals surface area contributed by atoms with Crippen molar-refractivity contribution in [2.45, 2.75) is 32.0 Å². The summed E-state index contributed by atoms with van der Waals surface area (Å²) >= 11 is 0. The average molecular weight is 474 g/mol. The van der Waals surface area contributed by atoms with E-state index in [1.807, 2.05) is 0 Å². The lowest BCUT2D eigenvalue weighted by Crippen LogP contribution is -2.41. The number of pyridine rings is 1. The molecule has 3 heterocycles. The van der Waals surface area contributed by atoms with Crippen LogP contribution in [0, 0.1) is 17.5 Å². The fourth-order valence-electron chi connectivity index (χ4n) is 3.76. The molecule has 34 heavy (non-hydrogen) atoms. The highest BCUT2D eigenvalue weighted by molar-refractivity contribution is 5.89. The number of hydrogen-bond acceptors (Lipinski definition) is 7. The predicted molar refractivity (Wildman–Crippen MR) is 113 cm³/mol. The Morgan fingerprint density at radius 2 is 1.91 bits per heavy atom. The Kier molecular flexibility index (Phi) is 6.59. The third-order valence-corrected chi connectivity index (χ3v) is 5.55. The minimum Gasteiger partial charge on any atom is -0.465 e. The lowest BCUT2D eigenvalue weighted by atomic mass is 10.0. The van der Waals surface area contributed by atoms with Gasteiger partial charge in [-0.25, -0.2) is 22.6 Å². The molecular formula is C22H21F3N6O3. The molecule has 0 fully saturated rings. The van der Waals surface area contributed by atoms with E-state index in [4.69, 9.17) is 5.73 Å². The molecule has 1 aliphatic rings. The van der Waals surface area contributed by atoms with Crippen LogP contribution in [0.2, 0.25) is 0 Å². The van der Waals surface area contributed by atoms with Crippen molar-refractivity contribution in [2.24, 2.45) is 5.73 Å². The number of benzene rings is 1. The van der Waals surface area contributed by atoms with E-state index in [0.717, 1.165) is 6.07 Å². The van der Waals surface area contributed by atoms with E-state index < -0.39 is 29.5 Å². The number of halogens is 3. The van der Waals surface area contributed by atoms with E-state index in [2.05, 4.69) is 20.0 Å². The standard InChI is InChI=1S/C22H21F3N6O3/c1-34-22(33)12-2-3-18(27-10-12)21-19-11-30(4-5-31(19)29-28-21)20(32)8-14(26)6-13-7-16(24)17(25)9-15(13)23/h2-3,7,9-10,14H,4-6,8,11,26H2,1H3/t14-/m1/s1. The van der Waals surface area contributed by atoms with Gasteiger partial charge in [0, 0.05) is 31.3 Å². The molecule has 2 N–H and O–H groups in total. The van der Waals surface area contributed by atoms with Crippen LogP contribution in [-0.4, -0.2) is 56.5 Å². The van der Waals surface area contributed by atoms with E-state index >= 15 is 0 Å². The minimum absolute atomic E-state index is 0.0936. The van der Waals surface area contributed by atoms with Crippen LogP contribution >= 0.6 is 0 Å². The summed E-state index contributed by atoms with van der Waals surface area (Å²) in [6, 6.07) is 3.60. The number of carbonyl (C=O) groups is 2. The number of esters is 1. The van der Waals surface area contributed by atoms with Crippen molar-refractivity contribution in [3.8, 4) is 11.4 Å². The Morgan fingerprint density at radius 1 is 1.15 bits per heavy atom. The van der Waals surface area contributed by atoms with Gasteiger partial charge < -0.3 is 15.4 Å². The summed E-state index contributed by atoms with van der Waals surface area (Å²) in [5.41, 5.74) is 7.82. The van der Waals surface area contributed by atoms with E-state index in [0.29, 0.717) is 36.2 Å². The molecule has 4 rings (SSSR count). The molecule has 0 saturated carbocycles. The van der Waals surface area contributed by atoms with Gasteiger partial charge in [-0.05, 0) is 30.2 Å². The molecule has 0 unspecified atom stereocenters. The number of hydrogen-bond donors (Lipinski definition) is 1. The quantitative estimate of drug-likeness (QED) is 0.428. The Bertz CT molecular complexity index is 1230. The molecule has 9 nitrogen and oxygen atoms in total. The average Bonchev–Trinajstić information content (AvgIpc) is 3.25. The molecule has 1 amide bonds. The molecule has 1 atom stereocenters. The summed E-state index contributed by atoms with van der Waals surface area (Å²) in [6.07, 6.45) is 1.14. The zero-order valence-electron chi connectivity index (χ0n) is 18.2. The lowest BCUT2D eigenvalue weighted by Gasteiger charge is -2.28. The van der Waals surface area contributed by atoms with Gasteiger partial charge in [-0.1, -0.05) is 5.21 Å². The van der Waals surface area contributed by atoms with E-state index in [1.165, 1.54) is 13.3 Å². The number of rotatable bonds is 6. The zero-order chi connectivity index (χ0) is 24.4. The maximum Gasteiger partial charge on any atom is 0.339 e. The van der Waals surface area contributed by atoms with Crippen molar-refractivity contribution < 1.29 is 27.5 Å². The van der Waals surface area contributed by atoms with Crippen LogP contribution in [0.1, 0.15) is 28.0 Å². The second-order valence-electron chi connectivity index (χ2n) is 7.87. The van der Waals surface area contributed by atoms with Crippen LogP contribution in [-0.2, 0) is 29.0 Å². The van der Waals surface area contributed by atoms with Gasteiger partial charge in [0.25, 0.3) is 0 Å². The van der Waals surface area contributed by atoms with Gasteiger partial charge in [0.1, 0.15) is 11.5 Å². The summed E-state index contributed by atoms with van der Waals surface area (Å²) in [5.74, 6) is -4.16. The summed E-state index contributed by atoms with van der Waals surface area (Å²) < 4.78 is 46.8. The first-order valence-corrected chi connectivity index (χ1v) is 10.4. The van der Waals surface area contributed by atoms with Crippen LogP contribution in [0.5, 0.6) is 0 Å². The molecule has 178 valence electrons. The van der Waals surface area contributed by atoms with Gasteiger partial charge in [0.05, 0.1) is 37.2 Å². The van der Waals surface area contributed by atoms with Crippen LogP contribution in [0.4, 0.5) is 13.2 Å². The van der Waals surface area contributed by atoms with E-state index in [1.54, 1.807) is 21.7 Å². The summed E-state index contributed by atoms with van der Waals surface area (Å²) in [7, 11) is 1.28. The molecule has 0 saturated heterocycles. The molecule has 12 heteroatoms. The van der Waals surface area contributed by atoms with Gasteiger partial charge in [0.2, 0.25) is 5.91 Å². The maximum atomic E-state index is 13.9. The Hall–Kier alpha value is -3.80. The topological polar surface area (TPSA) is 116 Å². The molecule has 0 spiro atoms. The van der Waals surface area contributed by atoms with Crippen molar-refractivity contribution in [2.75, 3.05) is 13.7 Å². The van der Waals surface area contributed by atoms with Crippen molar-refractivity contribution in [3.05, 3.63) is 64.7 Å². The molecular weight excluding hydrogens is 453 g/mol. The summed E-state index contributed by atoms with van der Waals surface area (Å²) in [5, 5.41) is 8.27. The number of nitrogens with two attached hydrogens (primary N) is 1. The van der Waals surface area contributed by atoms with Crippen molar-refractivity contribution in [3.63, 3.8) is 0 Å². The lowest BCUT2D eigenvalue weighted by molar-refractivity contribution is -0.133. The Morgan fingerprint density at radius 3 is 2.62 bits per heavy atom. The second kappa shape index (κ2) is 9.59. The number of aromatic nitrogens is 4. The van der Waals surface area contributed by atoms with E-state index in [-0.39, 0.29) is 36.4 Å². The first-order chi connectivity index (χ1) is 16.3. The van der Waals surface area contributed by atoms with Crippen LogP contribution in [0.15, 0.2) is 30.5 Å². The fourth-order valence-corrected chi connectivity index (χ4v) is 3.76. The Labute approximate surface area is 192 Å². The molecule has 0 radical (unpaired) electrons. The van der Waals surface area contributed by atoms with Gasteiger partial charge in [-0.3, -0.25) is 9.78 Å². The molecule has 0 bridgehead atoms. The van der Waals surface area contributed by atoms with Crippen molar-refractivity contribution in [1.29, 1.82) is 0 Å². The van der Waals surface area contributed by atoms with Gasteiger partial charge in [0.15, 0.2) is 11.6 Å². The predicted octanol–water partition coefficient (Wildman–Crippen LogP) is 1.85.